The maximum Gasteiger partial charge on any atom is 0.160 e. The molecule has 1 aliphatic rings. The van der Waals surface area contributed by atoms with Gasteiger partial charge in [-0.2, -0.15) is 0 Å². The van der Waals surface area contributed by atoms with E-state index in [0.29, 0.717) is 41.1 Å². The van der Waals surface area contributed by atoms with Crippen molar-refractivity contribution in [2.24, 2.45) is 0 Å². The molecule has 3 N–H and O–H groups in total. The third-order valence-electron chi connectivity index (χ3n) is 5.91. The Hall–Kier alpha value is -3.13. The van der Waals surface area contributed by atoms with Crippen LogP contribution in [0.1, 0.15) is 43.7 Å². The Morgan fingerprint density at radius 3 is 2.58 bits per heavy atom. The fraction of sp³-hybridized carbons (Fsp3) is 0.417. The summed E-state index contributed by atoms with van der Waals surface area (Å²) in [5.74, 6) is 2.77. The molecule has 8 nitrogen and oxygen atoms in total. The summed E-state index contributed by atoms with van der Waals surface area (Å²) < 4.78 is 5.25. The van der Waals surface area contributed by atoms with Gasteiger partial charge in [0.1, 0.15) is 11.6 Å². The number of nitrogens with zero attached hydrogens (tertiary/aromatic N) is 4. The zero-order valence-corrected chi connectivity index (χ0v) is 19.9. The number of nitrogens with one attached hydrogen (secondary N) is 3. The molecule has 0 atom stereocenters. The molecule has 174 valence electrons. The van der Waals surface area contributed by atoms with E-state index in [4.69, 9.17) is 21.7 Å². The van der Waals surface area contributed by atoms with Crippen LogP contribution in [-0.2, 0) is 6.54 Å². The van der Waals surface area contributed by atoms with Crippen molar-refractivity contribution < 1.29 is 4.74 Å². The Bertz CT molecular complexity index is 1130. The first-order valence-corrected chi connectivity index (χ1v) is 11.8. The third-order valence-corrected chi connectivity index (χ3v) is 6.20. The summed E-state index contributed by atoms with van der Waals surface area (Å²) in [4.78, 5) is 6.92. The van der Waals surface area contributed by atoms with Gasteiger partial charge in [0.25, 0.3) is 0 Å². The zero-order chi connectivity index (χ0) is 23.2. The number of aromatic nitrogens is 3. The number of ether oxygens (including phenoxy) is 1. The predicted octanol–water partition coefficient (Wildman–Crippen LogP) is 5.11. The topological polar surface area (TPSA) is 99.1 Å². The number of hydrogen-bond acceptors (Lipinski definition) is 8. The van der Waals surface area contributed by atoms with Crippen molar-refractivity contribution in [3.05, 3.63) is 40.5 Å². The van der Waals surface area contributed by atoms with E-state index < -0.39 is 0 Å². The number of rotatable bonds is 8. The molecule has 0 radical (unpaired) electrons. The molecular formula is C24H30ClN7O. The molecule has 0 bridgehead atoms. The van der Waals surface area contributed by atoms with Crippen LogP contribution in [0.25, 0.3) is 10.8 Å². The molecule has 33 heavy (non-hydrogen) atoms. The van der Waals surface area contributed by atoms with E-state index >= 15 is 0 Å². The van der Waals surface area contributed by atoms with Crippen LogP contribution in [-0.4, -0.2) is 48.1 Å². The van der Waals surface area contributed by atoms with Crippen molar-refractivity contribution in [1.29, 1.82) is 5.41 Å². The van der Waals surface area contributed by atoms with Gasteiger partial charge < -0.3 is 25.7 Å². The highest BCUT2D eigenvalue weighted by Crippen LogP contribution is 2.34. The molecule has 1 aromatic carbocycles. The number of fused-ring (bicyclic) bond motifs is 1. The second-order valence-corrected chi connectivity index (χ2v) is 8.49. The van der Waals surface area contributed by atoms with E-state index in [1.54, 1.807) is 7.11 Å². The highest BCUT2D eigenvalue weighted by atomic mass is 35.5. The molecule has 0 spiro atoms. The van der Waals surface area contributed by atoms with Crippen LogP contribution >= 0.6 is 11.6 Å². The van der Waals surface area contributed by atoms with E-state index in [1.165, 1.54) is 19.1 Å². The fourth-order valence-electron chi connectivity index (χ4n) is 4.25. The van der Waals surface area contributed by atoms with Crippen LogP contribution in [0.3, 0.4) is 0 Å². The molecule has 1 fully saturated rings. The molecule has 3 heterocycles. The number of anilines is 3. The van der Waals surface area contributed by atoms with Crippen molar-refractivity contribution in [2.45, 2.75) is 39.2 Å². The van der Waals surface area contributed by atoms with Crippen LogP contribution in [0, 0.1) is 5.41 Å². The van der Waals surface area contributed by atoms with Crippen molar-refractivity contribution in [2.75, 3.05) is 42.3 Å². The van der Waals surface area contributed by atoms with E-state index in [0.717, 1.165) is 48.1 Å². The lowest BCUT2D eigenvalue weighted by atomic mass is 10.1. The molecule has 2 aromatic heterocycles. The molecule has 4 rings (SSSR count). The second-order valence-electron chi connectivity index (χ2n) is 8.08. The predicted molar refractivity (Wildman–Crippen MR) is 135 cm³/mol. The summed E-state index contributed by atoms with van der Waals surface area (Å²) in [7, 11) is 1.60. The average Bonchev–Trinajstić information content (AvgIpc) is 3.12. The highest BCUT2D eigenvalue weighted by Gasteiger charge is 2.21. The van der Waals surface area contributed by atoms with Crippen molar-refractivity contribution in [3.63, 3.8) is 0 Å². The monoisotopic (exact) mass is 467 g/mol. The fourth-order valence-corrected chi connectivity index (χ4v) is 4.53. The van der Waals surface area contributed by atoms with Crippen LogP contribution < -0.4 is 20.3 Å². The first-order valence-electron chi connectivity index (χ1n) is 11.4. The van der Waals surface area contributed by atoms with E-state index in [1.807, 2.05) is 31.3 Å². The Morgan fingerprint density at radius 1 is 1.12 bits per heavy atom. The number of methoxy groups -OCH3 is 1. The van der Waals surface area contributed by atoms with E-state index in [9.17, 15) is 0 Å². The summed E-state index contributed by atoms with van der Waals surface area (Å²) in [6.07, 6.45) is 7.95. The van der Waals surface area contributed by atoms with Gasteiger partial charge >= 0.3 is 0 Å². The van der Waals surface area contributed by atoms with Gasteiger partial charge in [-0.05, 0) is 37.5 Å². The molecule has 3 aromatic rings. The minimum Gasteiger partial charge on any atom is -0.495 e. The van der Waals surface area contributed by atoms with Gasteiger partial charge in [0, 0.05) is 54.9 Å². The third kappa shape index (κ3) is 4.95. The minimum absolute atomic E-state index is 0.507. The summed E-state index contributed by atoms with van der Waals surface area (Å²) >= 11 is 6.30. The van der Waals surface area contributed by atoms with Crippen LogP contribution in [0.15, 0.2) is 24.4 Å². The maximum atomic E-state index is 8.13. The number of hydrogen-bond donors (Lipinski definition) is 3. The molecule has 0 unspecified atom stereocenters. The highest BCUT2D eigenvalue weighted by molar-refractivity contribution is 6.32. The van der Waals surface area contributed by atoms with Gasteiger partial charge in [0.05, 0.1) is 12.1 Å². The Labute approximate surface area is 199 Å². The van der Waals surface area contributed by atoms with Crippen molar-refractivity contribution in [3.8, 4) is 5.75 Å². The molecule has 1 saturated heterocycles. The lowest BCUT2D eigenvalue weighted by Crippen LogP contribution is -2.26. The van der Waals surface area contributed by atoms with Gasteiger partial charge in [-0.1, -0.05) is 30.5 Å². The average molecular weight is 468 g/mol. The smallest absolute Gasteiger partial charge is 0.160 e. The summed E-state index contributed by atoms with van der Waals surface area (Å²) in [6.45, 7) is 5.14. The summed E-state index contributed by atoms with van der Waals surface area (Å²) in [6, 6.07) is 5.68. The largest absolute Gasteiger partial charge is 0.495 e. The van der Waals surface area contributed by atoms with Gasteiger partial charge in [0.2, 0.25) is 0 Å². The lowest BCUT2D eigenvalue weighted by molar-refractivity contribution is 0.415. The number of halogens is 1. The normalized spacial score (nSPS) is 14.1. The first kappa shape index (κ1) is 23.0. The van der Waals surface area contributed by atoms with Crippen LogP contribution in [0.4, 0.5) is 17.5 Å². The number of benzene rings is 1. The summed E-state index contributed by atoms with van der Waals surface area (Å²) in [5, 5.41) is 26.3. The first-order chi connectivity index (χ1) is 16.2. The quantitative estimate of drug-likeness (QED) is 0.396. The SMILES string of the molecule is CCNc1ncc2c(N3CCCCCC3)nnc(NCc3ccc(OC)c(Cl)c3)c2c1C=N. The van der Waals surface area contributed by atoms with Gasteiger partial charge in [-0.25, -0.2) is 4.98 Å². The van der Waals surface area contributed by atoms with Crippen LogP contribution in [0.2, 0.25) is 5.02 Å². The Balaban J connectivity index is 1.76. The number of pyridine rings is 1. The second kappa shape index (κ2) is 10.7. The molecule has 0 saturated carbocycles. The zero-order valence-electron chi connectivity index (χ0n) is 19.1. The lowest BCUT2D eigenvalue weighted by Gasteiger charge is -2.24. The van der Waals surface area contributed by atoms with Gasteiger partial charge in [-0.3, -0.25) is 0 Å². The van der Waals surface area contributed by atoms with Crippen molar-refractivity contribution >= 4 is 46.0 Å². The minimum atomic E-state index is 0.507. The molecular weight excluding hydrogens is 438 g/mol. The Morgan fingerprint density at radius 2 is 1.91 bits per heavy atom. The van der Waals surface area contributed by atoms with Crippen LogP contribution in [0.5, 0.6) is 5.75 Å². The summed E-state index contributed by atoms with van der Waals surface area (Å²) in [5.41, 5.74) is 1.69. The molecule has 1 aliphatic heterocycles. The molecule has 0 amide bonds. The van der Waals surface area contributed by atoms with Gasteiger partial charge in [0.15, 0.2) is 11.6 Å². The van der Waals surface area contributed by atoms with Gasteiger partial charge in [-0.15, -0.1) is 10.2 Å². The molecule has 0 aliphatic carbocycles. The standard InChI is InChI=1S/C24H30ClN7O/c1-3-27-22-17(13-26)21-18(15-29-22)24(32-10-6-4-5-7-11-32)31-30-23(21)28-14-16-8-9-20(33-2)19(25)12-16/h8-9,12-13,15,26H,3-7,10-11,14H2,1-2H3,(H,27,29)(H,28,30). The van der Waals surface area contributed by atoms with E-state index in [-0.39, 0.29) is 0 Å². The molecule has 9 heteroatoms. The maximum absolute atomic E-state index is 8.13. The Kier molecular flexibility index (Phi) is 7.44. The van der Waals surface area contributed by atoms with Crippen molar-refractivity contribution in [1.82, 2.24) is 15.2 Å². The van der Waals surface area contributed by atoms with E-state index in [2.05, 4.69) is 30.7 Å².